The van der Waals surface area contributed by atoms with Crippen molar-refractivity contribution in [2.24, 2.45) is 0 Å². The zero-order valence-corrected chi connectivity index (χ0v) is 12.2. The van der Waals surface area contributed by atoms with Crippen molar-refractivity contribution in [3.8, 4) is 0 Å². The highest BCUT2D eigenvalue weighted by molar-refractivity contribution is 5.86. The molecule has 0 radical (unpaired) electrons. The van der Waals surface area contributed by atoms with E-state index in [0.29, 0.717) is 5.57 Å². The molecule has 1 N–H and O–H groups in total. The van der Waals surface area contributed by atoms with E-state index in [-0.39, 0.29) is 19.2 Å². The molecule has 0 bridgehead atoms. The second-order valence-corrected chi connectivity index (χ2v) is 4.39. The molecule has 1 amide bonds. The molecule has 6 nitrogen and oxygen atoms in total. The summed E-state index contributed by atoms with van der Waals surface area (Å²) < 4.78 is 6.25. The first-order chi connectivity index (χ1) is 9.49. The van der Waals surface area contributed by atoms with Crippen molar-refractivity contribution in [1.82, 2.24) is 15.1 Å². The normalized spacial score (nSPS) is 10.2. The van der Waals surface area contributed by atoms with E-state index in [9.17, 15) is 9.59 Å². The molecule has 0 spiro atoms. The Morgan fingerprint density at radius 2 is 2.10 bits per heavy atom. The summed E-state index contributed by atoms with van der Waals surface area (Å²) in [7, 11) is 0. The topological polar surface area (TPSA) is 73.2 Å². The van der Waals surface area contributed by atoms with Crippen molar-refractivity contribution >= 4 is 12.0 Å². The molecule has 1 aromatic rings. The molecule has 1 aromatic heterocycles. The molecule has 0 unspecified atom stereocenters. The van der Waals surface area contributed by atoms with Crippen LogP contribution in [0.2, 0.25) is 0 Å². The molecule has 0 aromatic carbocycles. The van der Waals surface area contributed by atoms with Gasteiger partial charge in [0.05, 0.1) is 12.2 Å². The van der Waals surface area contributed by atoms with Gasteiger partial charge in [-0.15, -0.1) is 0 Å². The Hall–Kier alpha value is -2.11. The Morgan fingerprint density at radius 1 is 1.40 bits per heavy atom. The molecule has 110 valence electrons. The predicted octanol–water partition coefficient (Wildman–Crippen LogP) is 1.68. The van der Waals surface area contributed by atoms with Crippen LogP contribution in [-0.2, 0) is 22.4 Å². The molecule has 6 heteroatoms. The minimum Gasteiger partial charge on any atom is -0.460 e. The number of aryl methyl sites for hydroxylation is 2. The van der Waals surface area contributed by atoms with Crippen LogP contribution in [0.4, 0.5) is 4.79 Å². The summed E-state index contributed by atoms with van der Waals surface area (Å²) in [6.07, 6.45) is 1.51. The lowest BCUT2D eigenvalue weighted by atomic mass is 10.3. The fraction of sp³-hybridized carbons (Fsp3) is 0.500. The molecule has 0 saturated heterocycles. The highest BCUT2D eigenvalue weighted by Crippen LogP contribution is 2.05. The zero-order valence-electron chi connectivity index (χ0n) is 12.2. The number of carbonyl (C=O) groups is 2. The van der Waals surface area contributed by atoms with E-state index in [2.05, 4.69) is 17.0 Å². The molecule has 0 atom stereocenters. The maximum absolute atomic E-state index is 12.0. The number of aromatic nitrogens is 2. The summed E-state index contributed by atoms with van der Waals surface area (Å²) in [4.78, 5) is 23.1. The van der Waals surface area contributed by atoms with Crippen molar-refractivity contribution in [1.29, 1.82) is 0 Å². The van der Waals surface area contributed by atoms with Gasteiger partial charge in [-0.25, -0.2) is 9.59 Å². The van der Waals surface area contributed by atoms with Crippen molar-refractivity contribution in [2.75, 3.05) is 13.2 Å². The van der Waals surface area contributed by atoms with Gasteiger partial charge in [-0.1, -0.05) is 20.4 Å². The van der Waals surface area contributed by atoms with E-state index < -0.39 is 5.97 Å². The minimum atomic E-state index is -0.458. The molecular formula is C14H21N3O3. The van der Waals surface area contributed by atoms with Gasteiger partial charge in [0.2, 0.25) is 0 Å². The standard InChI is InChI=1S/C14H21N3O3/c1-5-11-9-12(6-2)17(16-11)14(19)15-7-8-20-13(18)10(3)4/h9H,3,5-8H2,1-2,4H3,(H,15,19). The largest absolute Gasteiger partial charge is 0.460 e. The lowest BCUT2D eigenvalue weighted by molar-refractivity contribution is -0.138. The molecular weight excluding hydrogens is 258 g/mol. The van der Waals surface area contributed by atoms with Gasteiger partial charge in [-0.05, 0) is 25.8 Å². The van der Waals surface area contributed by atoms with Crippen LogP contribution in [0.1, 0.15) is 32.2 Å². The first-order valence-electron chi connectivity index (χ1n) is 6.68. The highest BCUT2D eigenvalue weighted by atomic mass is 16.5. The van der Waals surface area contributed by atoms with Crippen LogP contribution in [-0.4, -0.2) is 34.9 Å². The maximum Gasteiger partial charge on any atom is 0.342 e. The molecule has 0 aliphatic carbocycles. The second kappa shape index (κ2) is 7.47. The summed E-state index contributed by atoms with van der Waals surface area (Å²) in [5, 5.41) is 6.88. The van der Waals surface area contributed by atoms with Crippen molar-refractivity contribution in [2.45, 2.75) is 33.6 Å². The average Bonchev–Trinajstić information content (AvgIpc) is 2.86. The quantitative estimate of drug-likeness (QED) is 0.488. The van der Waals surface area contributed by atoms with E-state index >= 15 is 0 Å². The number of hydrogen-bond acceptors (Lipinski definition) is 4. The third-order valence-electron chi connectivity index (χ3n) is 2.71. The lowest BCUT2D eigenvalue weighted by Crippen LogP contribution is -2.33. The number of ether oxygens (including phenoxy) is 1. The monoisotopic (exact) mass is 279 g/mol. The number of esters is 1. The summed E-state index contributed by atoms with van der Waals surface area (Å²) in [5.74, 6) is -0.458. The van der Waals surface area contributed by atoms with E-state index in [1.807, 2.05) is 19.9 Å². The van der Waals surface area contributed by atoms with Gasteiger partial charge in [0.1, 0.15) is 6.61 Å². The third kappa shape index (κ3) is 4.22. The summed E-state index contributed by atoms with van der Waals surface area (Å²) >= 11 is 0. The lowest BCUT2D eigenvalue weighted by Gasteiger charge is -2.08. The van der Waals surface area contributed by atoms with Gasteiger partial charge >= 0.3 is 12.0 Å². The van der Waals surface area contributed by atoms with E-state index in [1.165, 1.54) is 4.68 Å². The molecule has 20 heavy (non-hydrogen) atoms. The zero-order chi connectivity index (χ0) is 15.1. The van der Waals surface area contributed by atoms with Crippen LogP contribution in [0.3, 0.4) is 0 Å². The summed E-state index contributed by atoms with van der Waals surface area (Å²) in [6.45, 7) is 9.35. The Balaban J connectivity index is 2.49. The molecule has 0 aliphatic heterocycles. The first kappa shape index (κ1) is 15.9. The SMILES string of the molecule is C=C(C)C(=O)OCCNC(=O)n1nc(CC)cc1CC. The van der Waals surface area contributed by atoms with E-state index in [1.54, 1.807) is 6.92 Å². The van der Waals surface area contributed by atoms with Crippen molar-refractivity contribution < 1.29 is 14.3 Å². The van der Waals surface area contributed by atoms with Gasteiger partial charge in [-0.3, -0.25) is 0 Å². The number of rotatable bonds is 6. The number of hydrogen-bond donors (Lipinski definition) is 1. The molecule has 0 fully saturated rings. The van der Waals surface area contributed by atoms with Crippen molar-refractivity contribution in [3.05, 3.63) is 29.6 Å². The molecule has 1 rings (SSSR count). The van der Waals surface area contributed by atoms with Crippen LogP contribution in [0.25, 0.3) is 0 Å². The number of carbonyl (C=O) groups excluding carboxylic acids is 2. The highest BCUT2D eigenvalue weighted by Gasteiger charge is 2.12. The van der Waals surface area contributed by atoms with E-state index in [4.69, 9.17) is 4.74 Å². The first-order valence-corrected chi connectivity index (χ1v) is 6.68. The number of nitrogens with zero attached hydrogens (tertiary/aromatic N) is 2. The van der Waals surface area contributed by atoms with Crippen LogP contribution in [0.15, 0.2) is 18.2 Å². The maximum atomic E-state index is 12.0. The molecule has 0 saturated carbocycles. The Morgan fingerprint density at radius 3 is 2.65 bits per heavy atom. The van der Waals surface area contributed by atoms with Crippen molar-refractivity contribution in [3.63, 3.8) is 0 Å². The van der Waals surface area contributed by atoms with Crippen LogP contribution >= 0.6 is 0 Å². The number of amides is 1. The number of nitrogens with one attached hydrogen (secondary N) is 1. The smallest absolute Gasteiger partial charge is 0.342 e. The Bertz CT molecular complexity index is 506. The Labute approximate surface area is 118 Å². The molecule has 0 aliphatic rings. The fourth-order valence-electron chi connectivity index (χ4n) is 1.58. The summed E-state index contributed by atoms with van der Waals surface area (Å²) in [5.41, 5.74) is 2.08. The molecule has 1 heterocycles. The van der Waals surface area contributed by atoms with E-state index in [0.717, 1.165) is 24.2 Å². The van der Waals surface area contributed by atoms with Gasteiger partial charge in [0, 0.05) is 11.3 Å². The minimum absolute atomic E-state index is 0.112. The van der Waals surface area contributed by atoms with Gasteiger partial charge in [0.25, 0.3) is 0 Å². The van der Waals surface area contributed by atoms with Crippen LogP contribution in [0, 0.1) is 0 Å². The van der Waals surface area contributed by atoms with Gasteiger partial charge in [0.15, 0.2) is 0 Å². The fourth-order valence-corrected chi connectivity index (χ4v) is 1.58. The second-order valence-electron chi connectivity index (χ2n) is 4.39. The predicted molar refractivity (Wildman–Crippen MR) is 75.6 cm³/mol. The summed E-state index contributed by atoms with van der Waals surface area (Å²) in [6, 6.07) is 1.61. The van der Waals surface area contributed by atoms with Gasteiger partial charge < -0.3 is 10.1 Å². The van der Waals surface area contributed by atoms with Crippen LogP contribution < -0.4 is 5.32 Å². The Kier molecular flexibility index (Phi) is 5.96. The van der Waals surface area contributed by atoms with Gasteiger partial charge in [-0.2, -0.15) is 9.78 Å². The third-order valence-corrected chi connectivity index (χ3v) is 2.71. The average molecular weight is 279 g/mol. The van der Waals surface area contributed by atoms with Crippen LogP contribution in [0.5, 0.6) is 0 Å².